The quantitative estimate of drug-likeness (QED) is 0.382. The van der Waals surface area contributed by atoms with E-state index >= 15 is 0 Å². The van der Waals surface area contributed by atoms with Gasteiger partial charge in [-0.25, -0.2) is 4.79 Å². The van der Waals surface area contributed by atoms with Gasteiger partial charge in [0.25, 0.3) is 0 Å². The lowest BCUT2D eigenvalue weighted by atomic mass is 10.1. The van der Waals surface area contributed by atoms with E-state index in [-0.39, 0.29) is 5.76 Å². The van der Waals surface area contributed by atoms with Crippen molar-refractivity contribution in [3.63, 3.8) is 0 Å². The predicted molar refractivity (Wildman–Crippen MR) is 101 cm³/mol. The maximum atomic E-state index is 11.8. The van der Waals surface area contributed by atoms with E-state index in [4.69, 9.17) is 13.9 Å². The molecule has 0 saturated heterocycles. The molecule has 0 fully saturated rings. The largest absolute Gasteiger partial charge is 0.497 e. The van der Waals surface area contributed by atoms with Crippen LogP contribution in [-0.4, -0.2) is 34.8 Å². The van der Waals surface area contributed by atoms with Crippen molar-refractivity contribution in [3.8, 4) is 5.75 Å². The molecule has 0 aliphatic rings. The van der Waals surface area contributed by atoms with Crippen molar-refractivity contribution < 1.29 is 18.7 Å². The van der Waals surface area contributed by atoms with Crippen molar-refractivity contribution in [3.05, 3.63) is 53.5 Å². The van der Waals surface area contributed by atoms with Gasteiger partial charge in [0.05, 0.1) is 26.0 Å². The van der Waals surface area contributed by atoms with Gasteiger partial charge in [-0.15, -0.1) is 10.2 Å². The molecule has 7 nitrogen and oxygen atoms in total. The average molecular weight is 383 g/mol. The number of methoxy groups -OCH3 is 2. The first kappa shape index (κ1) is 17.4. The third-order valence-electron chi connectivity index (χ3n) is 4.35. The second kappa shape index (κ2) is 6.96. The van der Waals surface area contributed by atoms with Gasteiger partial charge < -0.3 is 13.9 Å². The standard InChI is InChI=1S/C19H17N3O4S/c1-11-8-16-20-21-19(22(16)15-9-13(24-2)4-5-14(11)15)27-10-12-6-7-26-17(12)18(23)25-3/h4-9H,10H2,1-3H3. The molecule has 0 atom stereocenters. The van der Waals surface area contributed by atoms with Crippen LogP contribution in [0.15, 0.2) is 46.2 Å². The average Bonchev–Trinajstić information content (AvgIpc) is 3.32. The molecule has 0 spiro atoms. The minimum atomic E-state index is -0.493. The number of pyridine rings is 1. The Morgan fingerprint density at radius 2 is 2.07 bits per heavy atom. The minimum absolute atomic E-state index is 0.209. The second-order valence-corrected chi connectivity index (χ2v) is 6.88. The van der Waals surface area contributed by atoms with E-state index in [1.54, 1.807) is 13.2 Å². The molecule has 4 rings (SSSR count). The number of hydrogen-bond donors (Lipinski definition) is 0. The Hall–Kier alpha value is -3.00. The summed E-state index contributed by atoms with van der Waals surface area (Å²) in [6, 6.07) is 9.70. The van der Waals surface area contributed by atoms with Gasteiger partial charge in [0, 0.05) is 22.8 Å². The molecule has 0 amide bonds. The molecule has 0 aliphatic carbocycles. The molecule has 138 valence electrons. The molecule has 8 heteroatoms. The zero-order valence-electron chi connectivity index (χ0n) is 15.1. The fourth-order valence-electron chi connectivity index (χ4n) is 2.99. The number of thioether (sulfide) groups is 1. The molecular formula is C19H17N3O4S. The Bertz CT molecular complexity index is 1150. The molecule has 3 heterocycles. The summed E-state index contributed by atoms with van der Waals surface area (Å²) >= 11 is 1.47. The van der Waals surface area contributed by atoms with Gasteiger partial charge in [-0.3, -0.25) is 4.40 Å². The van der Waals surface area contributed by atoms with Crippen molar-refractivity contribution in [2.45, 2.75) is 17.8 Å². The van der Waals surface area contributed by atoms with Crippen LogP contribution in [0.25, 0.3) is 16.6 Å². The number of benzene rings is 1. The Balaban J connectivity index is 1.76. The highest BCUT2D eigenvalue weighted by Gasteiger charge is 2.18. The van der Waals surface area contributed by atoms with E-state index < -0.39 is 5.97 Å². The highest BCUT2D eigenvalue weighted by Crippen LogP contribution is 2.30. The van der Waals surface area contributed by atoms with Crippen LogP contribution in [0.3, 0.4) is 0 Å². The number of ether oxygens (including phenoxy) is 2. The zero-order chi connectivity index (χ0) is 19.0. The van der Waals surface area contributed by atoms with Gasteiger partial charge in [-0.2, -0.15) is 0 Å². The number of aromatic nitrogens is 3. The smallest absolute Gasteiger partial charge is 0.374 e. The Kier molecular flexibility index (Phi) is 4.49. The molecule has 0 unspecified atom stereocenters. The van der Waals surface area contributed by atoms with Gasteiger partial charge in [-0.1, -0.05) is 11.8 Å². The van der Waals surface area contributed by atoms with Crippen LogP contribution in [0.2, 0.25) is 0 Å². The normalized spacial score (nSPS) is 11.2. The lowest BCUT2D eigenvalue weighted by Gasteiger charge is -2.09. The number of esters is 1. The predicted octanol–water partition coefficient (Wildman–Crippen LogP) is 3.87. The number of nitrogens with zero attached hydrogens (tertiary/aromatic N) is 3. The molecule has 3 aromatic heterocycles. The van der Waals surface area contributed by atoms with E-state index in [0.29, 0.717) is 5.75 Å². The molecule has 0 saturated carbocycles. The van der Waals surface area contributed by atoms with E-state index in [0.717, 1.165) is 38.6 Å². The number of rotatable bonds is 5. The van der Waals surface area contributed by atoms with Crippen LogP contribution in [0.1, 0.15) is 21.7 Å². The Morgan fingerprint density at radius 1 is 1.22 bits per heavy atom. The number of fused-ring (bicyclic) bond motifs is 3. The first-order valence-electron chi connectivity index (χ1n) is 8.22. The van der Waals surface area contributed by atoms with E-state index in [9.17, 15) is 4.79 Å². The summed E-state index contributed by atoms with van der Waals surface area (Å²) in [4.78, 5) is 11.8. The van der Waals surface area contributed by atoms with Crippen LogP contribution >= 0.6 is 11.8 Å². The minimum Gasteiger partial charge on any atom is -0.497 e. The molecule has 0 N–H and O–H groups in total. The SMILES string of the molecule is COC(=O)c1occc1CSc1nnc2cc(C)c3ccc(OC)cc3n12. The lowest BCUT2D eigenvalue weighted by molar-refractivity contribution is 0.0564. The summed E-state index contributed by atoms with van der Waals surface area (Å²) in [5, 5.41) is 10.4. The fraction of sp³-hybridized carbons (Fsp3) is 0.211. The number of aryl methyl sites for hydroxylation is 1. The highest BCUT2D eigenvalue weighted by molar-refractivity contribution is 7.98. The molecule has 1 aromatic carbocycles. The molecule has 0 aliphatic heterocycles. The van der Waals surface area contributed by atoms with Crippen molar-refractivity contribution in [1.82, 2.24) is 14.6 Å². The summed E-state index contributed by atoms with van der Waals surface area (Å²) in [6.45, 7) is 2.05. The van der Waals surface area contributed by atoms with Crippen LogP contribution in [0.4, 0.5) is 0 Å². The second-order valence-electron chi connectivity index (χ2n) is 5.94. The Labute approximate surface area is 159 Å². The first-order valence-corrected chi connectivity index (χ1v) is 9.21. The van der Waals surface area contributed by atoms with Crippen LogP contribution < -0.4 is 4.74 Å². The summed E-state index contributed by atoms with van der Waals surface area (Å²) in [5.41, 5.74) is 3.60. The maximum absolute atomic E-state index is 11.8. The van der Waals surface area contributed by atoms with Crippen molar-refractivity contribution in [2.75, 3.05) is 14.2 Å². The molecule has 4 aromatic rings. The van der Waals surface area contributed by atoms with E-state index in [2.05, 4.69) is 10.2 Å². The Morgan fingerprint density at radius 3 is 2.85 bits per heavy atom. The fourth-order valence-corrected chi connectivity index (χ4v) is 3.92. The van der Waals surface area contributed by atoms with Gasteiger partial charge in [0.15, 0.2) is 10.8 Å². The van der Waals surface area contributed by atoms with Crippen molar-refractivity contribution in [2.24, 2.45) is 0 Å². The first-order chi connectivity index (χ1) is 13.1. The van der Waals surface area contributed by atoms with Gasteiger partial charge in [-0.05, 0) is 36.8 Å². The van der Waals surface area contributed by atoms with Gasteiger partial charge >= 0.3 is 5.97 Å². The molecule has 0 bridgehead atoms. The number of carbonyl (C=O) groups excluding carboxylic acids is 1. The summed E-state index contributed by atoms with van der Waals surface area (Å²) < 4.78 is 17.4. The zero-order valence-corrected chi connectivity index (χ0v) is 15.9. The maximum Gasteiger partial charge on any atom is 0.374 e. The topological polar surface area (TPSA) is 78.9 Å². The van der Waals surface area contributed by atoms with Crippen molar-refractivity contribution in [1.29, 1.82) is 0 Å². The third kappa shape index (κ3) is 3.02. The summed E-state index contributed by atoms with van der Waals surface area (Å²) in [7, 11) is 2.97. The number of furan rings is 1. The number of carbonyl (C=O) groups is 1. The monoisotopic (exact) mass is 383 g/mol. The molecule has 0 radical (unpaired) electrons. The summed E-state index contributed by atoms with van der Waals surface area (Å²) in [5.74, 6) is 0.983. The van der Waals surface area contributed by atoms with E-state index in [1.807, 2.05) is 35.6 Å². The number of hydrogen-bond acceptors (Lipinski definition) is 7. The third-order valence-corrected chi connectivity index (χ3v) is 5.33. The van der Waals surface area contributed by atoms with Crippen molar-refractivity contribution >= 4 is 34.3 Å². The van der Waals surface area contributed by atoms with E-state index in [1.165, 1.54) is 25.1 Å². The molecular weight excluding hydrogens is 366 g/mol. The highest BCUT2D eigenvalue weighted by atomic mass is 32.2. The molecule has 27 heavy (non-hydrogen) atoms. The summed E-state index contributed by atoms with van der Waals surface area (Å²) in [6.07, 6.45) is 1.48. The lowest BCUT2D eigenvalue weighted by Crippen LogP contribution is -2.02. The van der Waals surface area contributed by atoms with Crippen LogP contribution in [0, 0.1) is 6.92 Å². The van der Waals surface area contributed by atoms with Crippen LogP contribution in [0.5, 0.6) is 5.75 Å². The van der Waals surface area contributed by atoms with Gasteiger partial charge in [0.2, 0.25) is 5.76 Å². The van der Waals surface area contributed by atoms with Crippen LogP contribution in [-0.2, 0) is 10.5 Å². The van der Waals surface area contributed by atoms with Gasteiger partial charge in [0.1, 0.15) is 5.75 Å².